The third kappa shape index (κ3) is 6.07. The number of methoxy groups -OCH3 is 1. The SMILES string of the molecule is CO[C@](C(=O)O[C@@H](c1cnco1)c1nc([C@@H]2C[C@H]([C@H]3OC(C)(C)O[C@@H]3C)OC(C)(C)O2)co1)(c1ccccc1)C(F)(F)F. The number of hydrogen-bond acceptors (Lipinski definition) is 11. The van der Waals surface area contributed by atoms with Gasteiger partial charge in [-0.15, -0.1) is 0 Å². The Kier molecular flexibility index (Phi) is 8.20. The van der Waals surface area contributed by atoms with Crippen molar-refractivity contribution in [1.82, 2.24) is 9.97 Å². The molecule has 2 aliphatic heterocycles. The molecule has 0 radical (unpaired) electrons. The number of halogens is 3. The smallest absolute Gasteiger partial charge is 0.432 e. The molecule has 0 N–H and O–H groups in total. The highest BCUT2D eigenvalue weighted by Crippen LogP contribution is 2.45. The summed E-state index contributed by atoms with van der Waals surface area (Å²) in [7, 11) is 0.774. The molecule has 14 heteroatoms. The first-order valence-electron chi connectivity index (χ1n) is 13.6. The molecule has 0 unspecified atom stereocenters. The maximum Gasteiger partial charge on any atom is 0.432 e. The van der Waals surface area contributed by atoms with E-state index in [0.29, 0.717) is 12.1 Å². The van der Waals surface area contributed by atoms with E-state index < -0.39 is 59.3 Å². The molecule has 5 rings (SSSR count). The molecular formula is C29H33F3N2O9. The van der Waals surface area contributed by atoms with Gasteiger partial charge in [0, 0.05) is 19.1 Å². The molecule has 0 spiro atoms. The van der Waals surface area contributed by atoms with E-state index in [2.05, 4.69) is 9.97 Å². The van der Waals surface area contributed by atoms with E-state index in [-0.39, 0.29) is 17.8 Å². The van der Waals surface area contributed by atoms with E-state index in [0.717, 1.165) is 25.6 Å². The Labute approximate surface area is 245 Å². The van der Waals surface area contributed by atoms with Gasteiger partial charge in [-0.1, -0.05) is 30.3 Å². The van der Waals surface area contributed by atoms with Gasteiger partial charge in [-0.3, -0.25) is 0 Å². The summed E-state index contributed by atoms with van der Waals surface area (Å²) in [4.78, 5) is 21.7. The van der Waals surface area contributed by atoms with Gasteiger partial charge in [0.15, 0.2) is 23.7 Å². The first-order valence-corrected chi connectivity index (χ1v) is 13.6. The second-order valence-electron chi connectivity index (χ2n) is 11.3. The normalized spacial score (nSPS) is 27.4. The van der Waals surface area contributed by atoms with Gasteiger partial charge in [0.05, 0.1) is 18.4 Å². The Morgan fingerprint density at radius 1 is 1.02 bits per heavy atom. The Bertz CT molecular complexity index is 1390. The first kappa shape index (κ1) is 31.1. The lowest BCUT2D eigenvalue weighted by molar-refractivity contribution is -0.319. The van der Waals surface area contributed by atoms with Crippen molar-refractivity contribution in [3.05, 3.63) is 72.1 Å². The van der Waals surface area contributed by atoms with Gasteiger partial charge in [0.1, 0.15) is 24.2 Å². The van der Waals surface area contributed by atoms with E-state index >= 15 is 0 Å². The van der Waals surface area contributed by atoms with Gasteiger partial charge >= 0.3 is 12.1 Å². The standard InChI is InChI=1S/C29H33F3N2O9/c1-16-22(43-26(2,3)40-16)20-12-19(41-27(4,5)42-20)18-14-37-24(34-18)23(21-13-33-15-38-21)39-25(35)28(36-6,29(30,31)32)17-10-8-7-9-11-17/h7-11,13-16,19-20,22-23H,12H2,1-6H3/t16-,19+,20-,22+,23+,28+/m1/s1. The van der Waals surface area contributed by atoms with Gasteiger partial charge in [-0.2, -0.15) is 13.2 Å². The van der Waals surface area contributed by atoms with E-state index in [1.54, 1.807) is 13.8 Å². The summed E-state index contributed by atoms with van der Waals surface area (Å²) >= 11 is 0. The number of ether oxygens (including phenoxy) is 6. The van der Waals surface area contributed by atoms with Crippen molar-refractivity contribution < 1.29 is 55.2 Å². The molecule has 234 valence electrons. The number of alkyl halides is 3. The van der Waals surface area contributed by atoms with Crippen LogP contribution in [0.15, 0.2) is 58.0 Å². The van der Waals surface area contributed by atoms with Gasteiger partial charge in [-0.05, 0) is 34.6 Å². The number of nitrogens with zero attached hydrogens (tertiary/aromatic N) is 2. The van der Waals surface area contributed by atoms with Crippen molar-refractivity contribution in [2.75, 3.05) is 7.11 Å². The highest BCUT2D eigenvalue weighted by Gasteiger charge is 2.64. The molecule has 3 aromatic rings. The van der Waals surface area contributed by atoms with Crippen molar-refractivity contribution in [3.63, 3.8) is 0 Å². The molecule has 2 aliphatic rings. The van der Waals surface area contributed by atoms with Crippen LogP contribution in [-0.2, 0) is 38.8 Å². The lowest BCUT2D eigenvalue weighted by Crippen LogP contribution is -2.52. The molecule has 2 aromatic heterocycles. The fourth-order valence-corrected chi connectivity index (χ4v) is 5.50. The summed E-state index contributed by atoms with van der Waals surface area (Å²) in [5.74, 6) is -4.00. The number of aromatic nitrogens is 2. The van der Waals surface area contributed by atoms with Crippen LogP contribution in [0.4, 0.5) is 13.2 Å². The molecule has 43 heavy (non-hydrogen) atoms. The third-order valence-corrected chi connectivity index (χ3v) is 7.23. The monoisotopic (exact) mass is 610 g/mol. The van der Waals surface area contributed by atoms with E-state index in [1.807, 2.05) is 20.8 Å². The number of carbonyl (C=O) groups excluding carboxylic acids is 1. The molecule has 4 heterocycles. The van der Waals surface area contributed by atoms with Gasteiger partial charge in [0.2, 0.25) is 12.0 Å². The number of hydrogen-bond donors (Lipinski definition) is 0. The molecule has 0 aliphatic carbocycles. The van der Waals surface area contributed by atoms with Crippen LogP contribution in [-0.4, -0.2) is 59.1 Å². The molecule has 0 amide bonds. The highest BCUT2D eigenvalue weighted by atomic mass is 19.4. The first-order chi connectivity index (χ1) is 20.2. The fraction of sp³-hybridized carbons (Fsp3) is 0.552. The average Bonchev–Trinajstić information content (AvgIpc) is 3.67. The second kappa shape index (κ2) is 11.3. The second-order valence-corrected chi connectivity index (χ2v) is 11.3. The summed E-state index contributed by atoms with van der Waals surface area (Å²) < 4.78 is 89.1. The van der Waals surface area contributed by atoms with Crippen LogP contribution in [0.3, 0.4) is 0 Å². The van der Waals surface area contributed by atoms with E-state index in [9.17, 15) is 18.0 Å². The van der Waals surface area contributed by atoms with Crippen LogP contribution in [0.5, 0.6) is 0 Å². The number of oxazole rings is 2. The van der Waals surface area contributed by atoms with Crippen molar-refractivity contribution in [1.29, 1.82) is 0 Å². The molecule has 0 saturated carbocycles. The summed E-state index contributed by atoms with van der Waals surface area (Å²) in [6, 6.07) is 6.45. The molecular weight excluding hydrogens is 577 g/mol. The minimum atomic E-state index is -5.19. The maximum absolute atomic E-state index is 14.5. The maximum atomic E-state index is 14.5. The zero-order valence-corrected chi connectivity index (χ0v) is 24.4. The number of benzene rings is 1. The highest BCUT2D eigenvalue weighted by molar-refractivity contribution is 5.83. The molecule has 2 saturated heterocycles. The zero-order valence-electron chi connectivity index (χ0n) is 24.4. The number of esters is 1. The van der Waals surface area contributed by atoms with Gasteiger partial charge in [-0.25, -0.2) is 14.8 Å². The van der Waals surface area contributed by atoms with Crippen molar-refractivity contribution in [3.8, 4) is 0 Å². The van der Waals surface area contributed by atoms with Crippen LogP contribution >= 0.6 is 0 Å². The molecule has 2 fully saturated rings. The Hall–Kier alpha value is -3.30. The molecule has 0 bridgehead atoms. The minimum absolute atomic E-state index is 0.124. The summed E-state index contributed by atoms with van der Waals surface area (Å²) in [5.41, 5.74) is -3.63. The molecule has 1 aromatic carbocycles. The lowest BCUT2D eigenvalue weighted by atomic mass is 9.92. The van der Waals surface area contributed by atoms with Crippen molar-refractivity contribution in [2.24, 2.45) is 0 Å². The van der Waals surface area contributed by atoms with Crippen LogP contribution in [0.2, 0.25) is 0 Å². The summed E-state index contributed by atoms with van der Waals surface area (Å²) in [6.07, 6.45) is -4.84. The third-order valence-electron chi connectivity index (χ3n) is 7.23. The van der Waals surface area contributed by atoms with Crippen LogP contribution in [0.25, 0.3) is 0 Å². The zero-order chi connectivity index (χ0) is 31.2. The average molecular weight is 611 g/mol. The predicted molar refractivity (Wildman–Crippen MR) is 139 cm³/mol. The number of carbonyl (C=O) groups is 1. The largest absolute Gasteiger partial charge is 0.445 e. The van der Waals surface area contributed by atoms with Crippen molar-refractivity contribution >= 4 is 5.97 Å². The van der Waals surface area contributed by atoms with Crippen molar-refractivity contribution in [2.45, 2.75) is 94.9 Å². The topological polar surface area (TPSA) is 125 Å². The Morgan fingerprint density at radius 3 is 2.30 bits per heavy atom. The van der Waals surface area contributed by atoms with E-state index in [1.165, 1.54) is 30.7 Å². The van der Waals surface area contributed by atoms with Crippen LogP contribution in [0.1, 0.15) is 76.2 Å². The Balaban J connectivity index is 1.44. The fourth-order valence-electron chi connectivity index (χ4n) is 5.50. The van der Waals surface area contributed by atoms with Crippen LogP contribution in [0, 0.1) is 0 Å². The van der Waals surface area contributed by atoms with E-state index in [4.69, 9.17) is 37.3 Å². The summed E-state index contributed by atoms with van der Waals surface area (Å²) in [6.45, 7) is 9.00. The van der Waals surface area contributed by atoms with Crippen LogP contribution < -0.4 is 0 Å². The molecule has 6 atom stereocenters. The molecule has 11 nitrogen and oxygen atoms in total. The van der Waals surface area contributed by atoms with Gasteiger partial charge < -0.3 is 37.3 Å². The Morgan fingerprint density at radius 2 is 1.72 bits per heavy atom. The predicted octanol–water partition coefficient (Wildman–Crippen LogP) is 5.52. The quantitative estimate of drug-likeness (QED) is 0.299. The minimum Gasteiger partial charge on any atom is -0.445 e. The lowest BCUT2D eigenvalue weighted by Gasteiger charge is -2.42. The van der Waals surface area contributed by atoms with Gasteiger partial charge in [0.25, 0.3) is 5.60 Å². The summed E-state index contributed by atoms with van der Waals surface area (Å²) in [5, 5.41) is 0. The number of rotatable bonds is 8.